The van der Waals surface area contributed by atoms with Crippen LogP contribution < -0.4 is 0 Å². The fourth-order valence-corrected chi connectivity index (χ4v) is 2.50. The molecule has 1 aromatic carbocycles. The van der Waals surface area contributed by atoms with Gasteiger partial charge in [-0.25, -0.2) is 0 Å². The van der Waals surface area contributed by atoms with E-state index in [9.17, 15) is 9.59 Å². The molecule has 0 spiro atoms. The van der Waals surface area contributed by atoms with Crippen molar-refractivity contribution in [1.29, 1.82) is 0 Å². The first-order valence-electron chi connectivity index (χ1n) is 8.06. The molecule has 0 aromatic heterocycles. The second-order valence-electron chi connectivity index (χ2n) is 4.92. The van der Waals surface area contributed by atoms with Gasteiger partial charge in [-0.1, -0.05) is 45.4 Å². The number of benzene rings is 1. The van der Waals surface area contributed by atoms with Crippen molar-refractivity contribution in [3.63, 3.8) is 0 Å². The van der Waals surface area contributed by atoms with E-state index in [1.54, 1.807) is 0 Å². The summed E-state index contributed by atoms with van der Waals surface area (Å²) in [6.45, 7) is 9.90. The van der Waals surface area contributed by atoms with Gasteiger partial charge in [-0.3, -0.25) is 9.59 Å². The van der Waals surface area contributed by atoms with Crippen molar-refractivity contribution in [2.24, 2.45) is 0 Å². The molecule has 0 fully saturated rings. The molecule has 0 N–H and O–H groups in total. The van der Waals surface area contributed by atoms with Gasteiger partial charge in [0.25, 0.3) is 0 Å². The number of ketones is 2. The fraction of sp³-hybridized carbons (Fsp3) is 0.474. The van der Waals surface area contributed by atoms with E-state index in [0.29, 0.717) is 17.6 Å². The van der Waals surface area contributed by atoms with Crippen molar-refractivity contribution in [3.8, 4) is 0 Å². The standard InChI is InChI=1S/C15H14O2.2C2H6/c1-9-3-2-4-13(16)14(9)15(17)11-6-5-10-7-12(10)8-11;2*1-2/h5-6,8H,2-4,7H2,1H3;2*1-2H3. The second kappa shape index (κ2) is 7.92. The Hall–Kier alpha value is -1.70. The maximum Gasteiger partial charge on any atom is 0.196 e. The third-order valence-corrected chi connectivity index (χ3v) is 3.61. The van der Waals surface area contributed by atoms with Gasteiger partial charge < -0.3 is 0 Å². The van der Waals surface area contributed by atoms with Crippen LogP contribution >= 0.6 is 0 Å². The number of Topliss-reactive ketones (excluding diaryl/α,β-unsaturated/α-hetero) is 2. The summed E-state index contributed by atoms with van der Waals surface area (Å²) < 4.78 is 0. The van der Waals surface area contributed by atoms with E-state index in [-0.39, 0.29) is 11.6 Å². The highest BCUT2D eigenvalue weighted by atomic mass is 16.1. The highest BCUT2D eigenvalue weighted by molar-refractivity contribution is 6.27. The number of rotatable bonds is 2. The summed E-state index contributed by atoms with van der Waals surface area (Å²) in [6, 6.07) is 5.77. The molecule has 2 nitrogen and oxygen atoms in total. The van der Waals surface area contributed by atoms with Gasteiger partial charge in [-0.05, 0) is 43.4 Å². The zero-order valence-corrected chi connectivity index (χ0v) is 13.9. The van der Waals surface area contributed by atoms with E-state index in [1.807, 2.05) is 52.8 Å². The average molecular weight is 286 g/mol. The largest absolute Gasteiger partial charge is 0.294 e. The maximum atomic E-state index is 12.3. The Morgan fingerprint density at radius 1 is 1.00 bits per heavy atom. The molecule has 0 saturated heterocycles. The van der Waals surface area contributed by atoms with E-state index in [1.165, 1.54) is 11.1 Å². The van der Waals surface area contributed by atoms with Crippen molar-refractivity contribution in [3.05, 3.63) is 46.0 Å². The lowest BCUT2D eigenvalue weighted by Crippen LogP contribution is -2.18. The highest BCUT2D eigenvalue weighted by Gasteiger charge is 2.26. The van der Waals surface area contributed by atoms with Crippen LogP contribution in [0.4, 0.5) is 0 Å². The zero-order chi connectivity index (χ0) is 16.0. The van der Waals surface area contributed by atoms with Crippen LogP contribution in [0.25, 0.3) is 0 Å². The number of allylic oxidation sites excluding steroid dienone is 2. The van der Waals surface area contributed by atoms with E-state index in [4.69, 9.17) is 0 Å². The van der Waals surface area contributed by atoms with Gasteiger partial charge >= 0.3 is 0 Å². The summed E-state index contributed by atoms with van der Waals surface area (Å²) in [5, 5.41) is 0. The van der Waals surface area contributed by atoms with Crippen molar-refractivity contribution < 1.29 is 9.59 Å². The third kappa shape index (κ3) is 3.90. The topological polar surface area (TPSA) is 34.1 Å². The molecule has 0 amide bonds. The van der Waals surface area contributed by atoms with Crippen LogP contribution in [0.3, 0.4) is 0 Å². The molecule has 0 heterocycles. The lowest BCUT2D eigenvalue weighted by atomic mass is 9.87. The minimum absolute atomic E-state index is 0.0172. The lowest BCUT2D eigenvalue weighted by Gasteiger charge is -2.15. The fourth-order valence-electron chi connectivity index (χ4n) is 2.50. The number of hydrogen-bond donors (Lipinski definition) is 0. The van der Waals surface area contributed by atoms with Crippen molar-refractivity contribution in [1.82, 2.24) is 0 Å². The molecule has 0 aliphatic heterocycles. The molecule has 0 atom stereocenters. The normalized spacial score (nSPS) is 15.2. The molecule has 114 valence electrons. The number of carbonyl (C=O) groups is 2. The van der Waals surface area contributed by atoms with Gasteiger partial charge in [-0.2, -0.15) is 0 Å². The Morgan fingerprint density at radius 3 is 2.24 bits per heavy atom. The van der Waals surface area contributed by atoms with Gasteiger partial charge in [-0.15, -0.1) is 0 Å². The molecule has 2 aliphatic rings. The summed E-state index contributed by atoms with van der Waals surface area (Å²) in [7, 11) is 0. The summed E-state index contributed by atoms with van der Waals surface area (Å²) in [5.41, 5.74) is 4.64. The molecule has 3 rings (SSSR count). The first kappa shape index (κ1) is 17.4. The van der Waals surface area contributed by atoms with Gasteiger partial charge in [0.15, 0.2) is 11.6 Å². The first-order chi connectivity index (χ1) is 10.2. The molecule has 0 unspecified atom stereocenters. The predicted octanol–water partition coefficient (Wildman–Crippen LogP) is 4.90. The van der Waals surface area contributed by atoms with Crippen LogP contribution in [0.15, 0.2) is 29.3 Å². The molecule has 2 aliphatic carbocycles. The molecule has 0 radical (unpaired) electrons. The van der Waals surface area contributed by atoms with Gasteiger partial charge in [0.1, 0.15) is 0 Å². The maximum absolute atomic E-state index is 12.3. The smallest absolute Gasteiger partial charge is 0.196 e. The minimum Gasteiger partial charge on any atom is -0.294 e. The van der Waals surface area contributed by atoms with E-state index < -0.39 is 0 Å². The Morgan fingerprint density at radius 2 is 1.67 bits per heavy atom. The number of carbonyl (C=O) groups excluding carboxylic acids is 2. The zero-order valence-electron chi connectivity index (χ0n) is 13.9. The summed E-state index contributed by atoms with van der Waals surface area (Å²) in [5.74, 6) is -0.0643. The number of hydrogen-bond acceptors (Lipinski definition) is 2. The van der Waals surface area contributed by atoms with E-state index in [0.717, 1.165) is 24.8 Å². The molecule has 0 bridgehead atoms. The Bertz CT molecular complexity index is 565. The summed E-state index contributed by atoms with van der Waals surface area (Å²) >= 11 is 0. The van der Waals surface area contributed by atoms with Crippen LogP contribution in [-0.2, 0) is 11.2 Å². The van der Waals surface area contributed by atoms with Gasteiger partial charge in [0.05, 0.1) is 5.57 Å². The van der Waals surface area contributed by atoms with Crippen LogP contribution in [0.2, 0.25) is 0 Å². The second-order valence-corrected chi connectivity index (χ2v) is 4.92. The van der Waals surface area contributed by atoms with Crippen LogP contribution in [0.1, 0.15) is 75.4 Å². The summed E-state index contributed by atoms with van der Waals surface area (Å²) in [4.78, 5) is 24.2. The Balaban J connectivity index is 0.000000510. The van der Waals surface area contributed by atoms with Crippen LogP contribution in [0, 0.1) is 0 Å². The quantitative estimate of drug-likeness (QED) is 0.581. The molecular formula is C19H26O2. The van der Waals surface area contributed by atoms with E-state index in [2.05, 4.69) is 0 Å². The molecule has 0 saturated carbocycles. The first-order valence-corrected chi connectivity index (χ1v) is 8.06. The average Bonchev–Trinajstić information content (AvgIpc) is 3.29. The number of fused-ring (bicyclic) bond motifs is 1. The molecular weight excluding hydrogens is 260 g/mol. The molecule has 1 aromatic rings. The monoisotopic (exact) mass is 286 g/mol. The Labute approximate surface area is 128 Å². The van der Waals surface area contributed by atoms with Gasteiger partial charge in [0.2, 0.25) is 0 Å². The summed E-state index contributed by atoms with van der Waals surface area (Å²) in [6.07, 6.45) is 3.27. The van der Waals surface area contributed by atoms with Gasteiger partial charge in [0, 0.05) is 12.0 Å². The van der Waals surface area contributed by atoms with Crippen molar-refractivity contribution >= 4 is 11.6 Å². The van der Waals surface area contributed by atoms with Crippen LogP contribution in [0.5, 0.6) is 0 Å². The van der Waals surface area contributed by atoms with Crippen molar-refractivity contribution in [2.75, 3.05) is 0 Å². The Kier molecular flexibility index (Phi) is 6.54. The highest BCUT2D eigenvalue weighted by Crippen LogP contribution is 2.30. The minimum atomic E-state index is -0.0816. The van der Waals surface area contributed by atoms with Crippen LogP contribution in [-0.4, -0.2) is 11.6 Å². The van der Waals surface area contributed by atoms with E-state index >= 15 is 0 Å². The molecule has 21 heavy (non-hydrogen) atoms. The third-order valence-electron chi connectivity index (χ3n) is 3.61. The lowest BCUT2D eigenvalue weighted by molar-refractivity contribution is -0.115. The predicted molar refractivity (Wildman–Crippen MR) is 87.8 cm³/mol. The SMILES string of the molecule is CC.CC.CC1=C(C(=O)c2ccc3c(c2)C3)C(=O)CCC1. The van der Waals surface area contributed by atoms with Crippen molar-refractivity contribution in [2.45, 2.75) is 60.3 Å². The molecule has 2 heteroatoms.